The molecule has 0 saturated carbocycles. The molecule has 0 radical (unpaired) electrons. The number of rotatable bonds is 6. The van der Waals surface area contributed by atoms with Crippen molar-refractivity contribution in [2.45, 2.75) is 12.8 Å². The van der Waals surface area contributed by atoms with Gasteiger partial charge >= 0.3 is 5.97 Å². The summed E-state index contributed by atoms with van der Waals surface area (Å²) in [6.45, 7) is 2.39. The van der Waals surface area contributed by atoms with Crippen molar-refractivity contribution >= 4 is 23.2 Å². The van der Waals surface area contributed by atoms with Gasteiger partial charge in [0.25, 0.3) is 0 Å². The maximum Gasteiger partial charge on any atom is 0.313 e. The van der Waals surface area contributed by atoms with Crippen LogP contribution in [-0.4, -0.2) is 71.2 Å². The maximum absolute atomic E-state index is 12.4. The van der Waals surface area contributed by atoms with E-state index in [-0.39, 0.29) is 25.0 Å². The van der Waals surface area contributed by atoms with E-state index in [0.29, 0.717) is 39.0 Å². The Labute approximate surface area is 139 Å². The molecule has 2 saturated heterocycles. The highest BCUT2D eigenvalue weighted by Crippen LogP contribution is 2.42. The van der Waals surface area contributed by atoms with Crippen LogP contribution in [0.1, 0.15) is 11.3 Å². The molecular weight excluding hydrogens is 316 g/mol. The number of carbonyl (C=O) groups is 2. The van der Waals surface area contributed by atoms with Crippen LogP contribution in [0.5, 0.6) is 0 Å². The number of likely N-dealkylation sites (tertiary alicyclic amines) is 2. The fourth-order valence-electron chi connectivity index (χ4n) is 3.82. The van der Waals surface area contributed by atoms with Gasteiger partial charge in [-0.05, 0) is 17.9 Å². The minimum atomic E-state index is -0.867. The van der Waals surface area contributed by atoms with E-state index in [1.54, 1.807) is 16.2 Å². The largest absolute Gasteiger partial charge is 0.481 e. The molecule has 126 valence electrons. The Hall–Kier alpha value is -1.44. The van der Waals surface area contributed by atoms with E-state index in [1.807, 2.05) is 22.4 Å². The second kappa shape index (κ2) is 6.59. The summed E-state index contributed by atoms with van der Waals surface area (Å²) in [4.78, 5) is 29.2. The van der Waals surface area contributed by atoms with Crippen molar-refractivity contribution < 1.29 is 19.8 Å². The summed E-state index contributed by atoms with van der Waals surface area (Å²) < 4.78 is 0. The summed E-state index contributed by atoms with van der Waals surface area (Å²) in [5.74, 6) is -0.823. The molecule has 7 heteroatoms. The number of carboxylic acid groups (broad SMARTS) is 1. The lowest BCUT2D eigenvalue weighted by Crippen LogP contribution is -2.42. The highest BCUT2D eigenvalue weighted by molar-refractivity contribution is 7.09. The van der Waals surface area contributed by atoms with Gasteiger partial charge in [-0.1, -0.05) is 6.07 Å². The number of nitrogens with zero attached hydrogens (tertiary/aromatic N) is 2. The van der Waals surface area contributed by atoms with Crippen molar-refractivity contribution in [1.29, 1.82) is 0 Å². The molecule has 2 N–H and O–H groups in total. The molecule has 2 fully saturated rings. The van der Waals surface area contributed by atoms with E-state index in [0.717, 1.165) is 0 Å². The molecule has 1 amide bonds. The number of aliphatic carboxylic acids is 1. The molecule has 0 spiro atoms. The van der Waals surface area contributed by atoms with Gasteiger partial charge in [0.1, 0.15) is 5.41 Å². The monoisotopic (exact) mass is 338 g/mol. The molecule has 0 aliphatic carbocycles. The van der Waals surface area contributed by atoms with Gasteiger partial charge in [-0.25, -0.2) is 0 Å². The first kappa shape index (κ1) is 16.4. The Morgan fingerprint density at radius 3 is 2.78 bits per heavy atom. The lowest BCUT2D eigenvalue weighted by molar-refractivity contribution is -0.149. The first-order valence-corrected chi connectivity index (χ1v) is 8.80. The molecule has 2 unspecified atom stereocenters. The molecule has 1 aromatic heterocycles. The van der Waals surface area contributed by atoms with Gasteiger partial charge < -0.3 is 15.1 Å². The predicted molar refractivity (Wildman–Crippen MR) is 86.3 cm³/mol. The average molecular weight is 338 g/mol. The summed E-state index contributed by atoms with van der Waals surface area (Å²) in [6.07, 6.45) is 1.15. The highest BCUT2D eigenvalue weighted by atomic mass is 32.1. The number of aryl methyl sites for hydroxylation is 1. The zero-order valence-corrected chi connectivity index (χ0v) is 13.8. The fraction of sp³-hybridized carbons (Fsp3) is 0.625. The molecule has 0 bridgehead atoms. The SMILES string of the molecule is O=C(CCc1cccs1)N1CC2CN(CCO)CC2(C(=O)O)C1. The highest BCUT2D eigenvalue weighted by Gasteiger charge is 2.58. The topological polar surface area (TPSA) is 81.1 Å². The summed E-state index contributed by atoms with van der Waals surface area (Å²) in [7, 11) is 0. The minimum Gasteiger partial charge on any atom is -0.481 e. The molecular formula is C16H22N2O4S. The first-order valence-electron chi connectivity index (χ1n) is 7.92. The molecule has 2 atom stereocenters. The first-order chi connectivity index (χ1) is 11.0. The number of fused-ring (bicyclic) bond motifs is 1. The van der Waals surface area contributed by atoms with Gasteiger partial charge in [-0.3, -0.25) is 14.5 Å². The summed E-state index contributed by atoms with van der Waals surface area (Å²) in [5, 5.41) is 20.8. The van der Waals surface area contributed by atoms with Crippen LogP contribution in [0.25, 0.3) is 0 Å². The van der Waals surface area contributed by atoms with Gasteiger partial charge in [0.15, 0.2) is 0 Å². The van der Waals surface area contributed by atoms with Crippen LogP contribution in [0.4, 0.5) is 0 Å². The number of amides is 1. The number of thiophene rings is 1. The van der Waals surface area contributed by atoms with Crippen LogP contribution < -0.4 is 0 Å². The van der Waals surface area contributed by atoms with Crippen LogP contribution >= 0.6 is 11.3 Å². The summed E-state index contributed by atoms with van der Waals surface area (Å²) >= 11 is 1.64. The van der Waals surface area contributed by atoms with Gasteiger partial charge in [0.05, 0.1) is 6.61 Å². The van der Waals surface area contributed by atoms with Gasteiger partial charge in [-0.2, -0.15) is 0 Å². The van der Waals surface area contributed by atoms with Crippen molar-refractivity contribution in [3.63, 3.8) is 0 Å². The third-order valence-corrected chi connectivity index (χ3v) is 5.98. The van der Waals surface area contributed by atoms with Crippen molar-refractivity contribution in [2.24, 2.45) is 11.3 Å². The van der Waals surface area contributed by atoms with Crippen LogP contribution in [0.3, 0.4) is 0 Å². The van der Waals surface area contributed by atoms with Crippen LogP contribution in [-0.2, 0) is 16.0 Å². The van der Waals surface area contributed by atoms with E-state index in [4.69, 9.17) is 5.11 Å². The minimum absolute atomic E-state index is 0.0336. The van der Waals surface area contributed by atoms with Crippen LogP contribution in [0.15, 0.2) is 17.5 Å². The molecule has 2 aliphatic heterocycles. The number of carbonyl (C=O) groups excluding carboxylic acids is 1. The Kier molecular flexibility index (Phi) is 4.70. The molecule has 6 nitrogen and oxygen atoms in total. The second-order valence-electron chi connectivity index (χ2n) is 6.47. The van der Waals surface area contributed by atoms with E-state index in [2.05, 4.69) is 0 Å². The number of aliphatic hydroxyl groups excluding tert-OH is 1. The zero-order chi connectivity index (χ0) is 16.4. The van der Waals surface area contributed by atoms with E-state index < -0.39 is 11.4 Å². The Bertz CT molecular complexity index is 577. The smallest absolute Gasteiger partial charge is 0.313 e. The van der Waals surface area contributed by atoms with Crippen molar-refractivity contribution in [3.05, 3.63) is 22.4 Å². The number of carboxylic acids is 1. The fourth-order valence-corrected chi connectivity index (χ4v) is 4.53. The Morgan fingerprint density at radius 2 is 2.17 bits per heavy atom. The van der Waals surface area contributed by atoms with Crippen molar-refractivity contribution in [2.75, 3.05) is 39.3 Å². The van der Waals surface area contributed by atoms with Crippen LogP contribution in [0, 0.1) is 11.3 Å². The molecule has 3 rings (SSSR count). The van der Waals surface area contributed by atoms with E-state index in [9.17, 15) is 14.7 Å². The zero-order valence-electron chi connectivity index (χ0n) is 13.0. The Morgan fingerprint density at radius 1 is 1.35 bits per heavy atom. The van der Waals surface area contributed by atoms with E-state index >= 15 is 0 Å². The summed E-state index contributed by atoms with van der Waals surface area (Å²) in [5.41, 5.74) is -0.867. The van der Waals surface area contributed by atoms with Gasteiger partial charge in [0, 0.05) is 49.9 Å². The standard InChI is InChI=1S/C16H22N2O4S/c19-6-5-17-8-12-9-18(11-16(12,10-17)15(21)22)14(20)4-3-13-2-1-7-23-13/h1-2,7,12,19H,3-6,8-11H2,(H,21,22). The number of hydrogen-bond acceptors (Lipinski definition) is 5. The molecule has 23 heavy (non-hydrogen) atoms. The van der Waals surface area contributed by atoms with E-state index in [1.165, 1.54) is 4.88 Å². The summed E-state index contributed by atoms with van der Waals surface area (Å²) in [6, 6.07) is 3.99. The molecule has 3 heterocycles. The lowest BCUT2D eigenvalue weighted by Gasteiger charge is -2.25. The average Bonchev–Trinajstić information content (AvgIpc) is 3.19. The normalized spacial score (nSPS) is 27.3. The predicted octanol–water partition coefficient (Wildman–Crippen LogP) is 0.518. The Balaban J connectivity index is 1.62. The lowest BCUT2D eigenvalue weighted by atomic mass is 9.81. The number of hydrogen-bond donors (Lipinski definition) is 2. The van der Waals surface area contributed by atoms with Crippen molar-refractivity contribution in [3.8, 4) is 0 Å². The second-order valence-corrected chi connectivity index (χ2v) is 7.50. The third kappa shape index (κ3) is 3.13. The molecule has 2 aliphatic rings. The molecule has 0 aromatic carbocycles. The quantitative estimate of drug-likeness (QED) is 0.790. The van der Waals surface area contributed by atoms with Gasteiger partial charge in [-0.15, -0.1) is 11.3 Å². The van der Waals surface area contributed by atoms with Gasteiger partial charge in [0.2, 0.25) is 5.91 Å². The van der Waals surface area contributed by atoms with Crippen molar-refractivity contribution in [1.82, 2.24) is 9.80 Å². The molecule has 1 aromatic rings. The maximum atomic E-state index is 12.4. The number of aliphatic hydroxyl groups is 1. The van der Waals surface area contributed by atoms with Crippen LogP contribution in [0.2, 0.25) is 0 Å². The number of β-amino-alcohol motifs (C(OH)–C–C–N with tert-alkyl or cyclic N) is 1. The third-order valence-electron chi connectivity index (χ3n) is 5.04.